The average molecular weight is 465 g/mol. The third-order valence-electron chi connectivity index (χ3n) is 4.88. The zero-order valence-electron chi connectivity index (χ0n) is 15.6. The fourth-order valence-electron chi connectivity index (χ4n) is 3.25. The standard InChI is InChI=1S/C19H20ClF3N2O4S/c20-15-6-5-13(30(28,29)25-10-1-3-12(26)4-2-10)9-14(15)19(27)24-11-7-16(21)18(23)17(22)8-11/h5-10,12,19,24-27H,1-4H2. The van der Waals surface area contributed by atoms with E-state index >= 15 is 0 Å². The van der Waals surface area contributed by atoms with E-state index in [1.807, 2.05) is 0 Å². The summed E-state index contributed by atoms with van der Waals surface area (Å²) in [5.41, 5.74) is -0.314. The van der Waals surface area contributed by atoms with E-state index in [0.717, 1.165) is 6.07 Å². The summed E-state index contributed by atoms with van der Waals surface area (Å²) in [6.45, 7) is 0. The first-order valence-corrected chi connectivity index (χ1v) is 11.0. The summed E-state index contributed by atoms with van der Waals surface area (Å²) in [6, 6.07) is 4.63. The molecule has 4 N–H and O–H groups in total. The molecule has 1 atom stereocenters. The van der Waals surface area contributed by atoms with E-state index in [-0.39, 0.29) is 27.2 Å². The predicted molar refractivity (Wildman–Crippen MR) is 105 cm³/mol. The quantitative estimate of drug-likeness (QED) is 0.388. The molecule has 2 aromatic rings. The van der Waals surface area contributed by atoms with Crippen LogP contribution in [0.5, 0.6) is 0 Å². The number of aliphatic hydroxyl groups excluding tert-OH is 2. The van der Waals surface area contributed by atoms with Crippen molar-refractivity contribution < 1.29 is 31.8 Å². The van der Waals surface area contributed by atoms with Crippen LogP contribution >= 0.6 is 11.6 Å². The van der Waals surface area contributed by atoms with Gasteiger partial charge in [-0.25, -0.2) is 26.3 Å². The van der Waals surface area contributed by atoms with Gasteiger partial charge in [-0.3, -0.25) is 0 Å². The third kappa shape index (κ3) is 5.25. The molecule has 1 aliphatic carbocycles. The molecule has 11 heteroatoms. The molecule has 164 valence electrons. The molecule has 0 heterocycles. The number of sulfonamides is 1. The van der Waals surface area contributed by atoms with Gasteiger partial charge in [0, 0.05) is 34.4 Å². The van der Waals surface area contributed by atoms with Gasteiger partial charge < -0.3 is 15.5 Å². The number of rotatable bonds is 6. The van der Waals surface area contributed by atoms with Crippen LogP contribution in [0.2, 0.25) is 5.02 Å². The molecule has 6 nitrogen and oxygen atoms in total. The Hall–Kier alpha value is -1.85. The van der Waals surface area contributed by atoms with E-state index in [1.165, 1.54) is 12.1 Å². The summed E-state index contributed by atoms with van der Waals surface area (Å²) in [5.74, 6) is -4.55. The summed E-state index contributed by atoms with van der Waals surface area (Å²) in [7, 11) is -3.94. The van der Waals surface area contributed by atoms with Gasteiger partial charge in [-0.1, -0.05) is 11.6 Å². The molecule has 1 saturated carbocycles. The predicted octanol–water partition coefficient (Wildman–Crippen LogP) is 3.44. The normalized spacial score (nSPS) is 20.7. The minimum absolute atomic E-state index is 0.0118. The Balaban J connectivity index is 1.80. The zero-order chi connectivity index (χ0) is 22.1. The Morgan fingerprint density at radius 3 is 2.23 bits per heavy atom. The molecule has 30 heavy (non-hydrogen) atoms. The SMILES string of the molecule is O=S(=O)(NC1CCC(O)CC1)c1ccc(Cl)c(C(O)Nc2cc(F)c(F)c(F)c2)c1. The first-order chi connectivity index (χ1) is 14.1. The largest absolute Gasteiger partial charge is 0.393 e. The van der Waals surface area contributed by atoms with Crippen molar-refractivity contribution in [1.29, 1.82) is 0 Å². The van der Waals surface area contributed by atoms with Crippen LogP contribution in [0.3, 0.4) is 0 Å². The van der Waals surface area contributed by atoms with E-state index in [0.29, 0.717) is 37.8 Å². The summed E-state index contributed by atoms with van der Waals surface area (Å²) in [5, 5.41) is 22.3. The Morgan fingerprint density at radius 2 is 1.63 bits per heavy atom. The van der Waals surface area contributed by atoms with Crippen molar-refractivity contribution in [2.24, 2.45) is 0 Å². The second-order valence-corrected chi connectivity index (χ2v) is 9.23. The van der Waals surface area contributed by atoms with Crippen LogP contribution in [0.25, 0.3) is 0 Å². The molecule has 1 aliphatic rings. The Bertz CT molecular complexity index is 1010. The van der Waals surface area contributed by atoms with Gasteiger partial charge in [0.15, 0.2) is 23.7 Å². The van der Waals surface area contributed by atoms with Gasteiger partial charge in [-0.05, 0) is 43.9 Å². The van der Waals surface area contributed by atoms with Crippen LogP contribution in [0.4, 0.5) is 18.9 Å². The number of aliphatic hydroxyl groups is 2. The van der Waals surface area contributed by atoms with Crippen molar-refractivity contribution in [3.63, 3.8) is 0 Å². The lowest BCUT2D eigenvalue weighted by molar-refractivity contribution is 0.120. The highest BCUT2D eigenvalue weighted by atomic mass is 35.5. The van der Waals surface area contributed by atoms with Gasteiger partial charge in [0.1, 0.15) is 0 Å². The van der Waals surface area contributed by atoms with E-state index in [9.17, 15) is 31.8 Å². The Kier molecular flexibility index (Phi) is 6.93. The molecule has 0 aromatic heterocycles. The van der Waals surface area contributed by atoms with E-state index < -0.39 is 39.8 Å². The molecule has 0 bridgehead atoms. The highest BCUT2D eigenvalue weighted by Gasteiger charge is 2.26. The summed E-state index contributed by atoms with van der Waals surface area (Å²) < 4.78 is 67.8. The van der Waals surface area contributed by atoms with Crippen molar-refractivity contribution in [1.82, 2.24) is 4.72 Å². The maximum Gasteiger partial charge on any atom is 0.240 e. The Morgan fingerprint density at radius 1 is 1.03 bits per heavy atom. The number of hydrogen-bond donors (Lipinski definition) is 4. The van der Waals surface area contributed by atoms with Gasteiger partial charge in [0.05, 0.1) is 11.0 Å². The zero-order valence-corrected chi connectivity index (χ0v) is 17.2. The van der Waals surface area contributed by atoms with Crippen LogP contribution in [0, 0.1) is 17.5 Å². The van der Waals surface area contributed by atoms with Gasteiger partial charge in [0.25, 0.3) is 0 Å². The van der Waals surface area contributed by atoms with Crippen LogP contribution in [-0.2, 0) is 10.0 Å². The van der Waals surface area contributed by atoms with Crippen LogP contribution in [0.1, 0.15) is 37.5 Å². The molecule has 0 amide bonds. The smallest absolute Gasteiger partial charge is 0.240 e. The van der Waals surface area contributed by atoms with Gasteiger partial charge in [-0.15, -0.1) is 0 Å². The first-order valence-electron chi connectivity index (χ1n) is 9.16. The lowest BCUT2D eigenvalue weighted by Crippen LogP contribution is -2.38. The van der Waals surface area contributed by atoms with Gasteiger partial charge in [-0.2, -0.15) is 0 Å². The van der Waals surface area contributed by atoms with Gasteiger partial charge in [0.2, 0.25) is 10.0 Å². The molecule has 3 rings (SSSR count). The number of nitrogens with one attached hydrogen (secondary N) is 2. The lowest BCUT2D eigenvalue weighted by Gasteiger charge is -2.26. The summed E-state index contributed by atoms with van der Waals surface area (Å²) in [4.78, 5) is -0.162. The molecular weight excluding hydrogens is 445 g/mol. The van der Waals surface area contributed by atoms with E-state index in [1.54, 1.807) is 0 Å². The fourth-order valence-corrected chi connectivity index (χ4v) is 4.81. The van der Waals surface area contributed by atoms with E-state index in [4.69, 9.17) is 11.6 Å². The van der Waals surface area contributed by atoms with Gasteiger partial charge >= 0.3 is 0 Å². The minimum atomic E-state index is -3.94. The average Bonchev–Trinajstić information content (AvgIpc) is 2.67. The lowest BCUT2D eigenvalue weighted by atomic mass is 9.94. The number of anilines is 1. The maximum atomic E-state index is 13.4. The van der Waals surface area contributed by atoms with Crippen LogP contribution < -0.4 is 10.0 Å². The second kappa shape index (κ2) is 9.11. The number of halogens is 4. The van der Waals surface area contributed by atoms with E-state index in [2.05, 4.69) is 10.0 Å². The van der Waals surface area contributed by atoms with Crippen LogP contribution in [0.15, 0.2) is 35.2 Å². The molecule has 0 spiro atoms. The highest BCUT2D eigenvalue weighted by molar-refractivity contribution is 7.89. The van der Waals surface area contributed by atoms with Crippen molar-refractivity contribution in [3.05, 3.63) is 58.4 Å². The highest BCUT2D eigenvalue weighted by Crippen LogP contribution is 2.29. The second-order valence-electron chi connectivity index (χ2n) is 7.11. The number of benzene rings is 2. The summed E-state index contributed by atoms with van der Waals surface area (Å²) >= 11 is 6.05. The van der Waals surface area contributed by atoms with Crippen molar-refractivity contribution >= 4 is 27.3 Å². The molecule has 0 aliphatic heterocycles. The number of hydrogen-bond acceptors (Lipinski definition) is 5. The molecule has 2 aromatic carbocycles. The third-order valence-corrected chi connectivity index (χ3v) is 6.74. The van der Waals surface area contributed by atoms with Crippen molar-refractivity contribution in [3.8, 4) is 0 Å². The van der Waals surface area contributed by atoms with Crippen molar-refractivity contribution in [2.45, 2.75) is 49.0 Å². The minimum Gasteiger partial charge on any atom is -0.393 e. The monoisotopic (exact) mass is 464 g/mol. The molecular formula is C19H20ClF3N2O4S. The molecule has 0 radical (unpaired) electrons. The topological polar surface area (TPSA) is 98.7 Å². The Labute approximate surface area is 176 Å². The molecule has 1 unspecified atom stereocenters. The molecule has 1 fully saturated rings. The molecule has 0 saturated heterocycles. The first kappa shape index (κ1) is 22.8. The van der Waals surface area contributed by atoms with Crippen molar-refractivity contribution in [2.75, 3.05) is 5.32 Å². The van der Waals surface area contributed by atoms with Crippen LogP contribution in [-0.4, -0.2) is 30.8 Å². The fraction of sp³-hybridized carbons (Fsp3) is 0.368. The maximum absolute atomic E-state index is 13.4. The summed E-state index contributed by atoms with van der Waals surface area (Å²) in [6.07, 6.45) is -0.0877.